The van der Waals surface area contributed by atoms with E-state index in [2.05, 4.69) is 0 Å². The van der Waals surface area contributed by atoms with E-state index < -0.39 is 49.7 Å². The molecule has 15 heteroatoms. The van der Waals surface area contributed by atoms with Crippen molar-refractivity contribution in [3.05, 3.63) is 0 Å². The summed E-state index contributed by atoms with van der Waals surface area (Å²) in [5.74, 6) is -2.04. The van der Waals surface area contributed by atoms with E-state index in [0.717, 1.165) is 0 Å². The van der Waals surface area contributed by atoms with Crippen LogP contribution in [0.5, 0.6) is 0 Å². The Labute approximate surface area is 192 Å². The molecule has 0 saturated carbocycles. The topological polar surface area (TPSA) is 122 Å². The van der Waals surface area contributed by atoms with Crippen LogP contribution in [-0.4, -0.2) is 101 Å². The lowest BCUT2D eigenvalue weighted by Gasteiger charge is -2.28. The third kappa shape index (κ3) is 11.0. The maximum Gasteiger partial charge on any atom is 0.471 e. The van der Waals surface area contributed by atoms with Crippen molar-refractivity contribution in [1.29, 1.82) is 0 Å². The standard InChI is InChI=1S/C18H32BF3NO9P/c1-11(2)29-9-13-14(32-33(25,26)12(3)4)15(16(19)31-13)30-10-28-8-7-27-6-5-23-17(24)18(20,21)22/h11-16H,5-10H2,1-4H3,(H,23,24)(H,25,26). The highest BCUT2D eigenvalue weighted by Gasteiger charge is 2.47. The van der Waals surface area contributed by atoms with Crippen LogP contribution in [0.1, 0.15) is 27.7 Å². The molecule has 0 aliphatic carbocycles. The summed E-state index contributed by atoms with van der Waals surface area (Å²) in [6.45, 7) is 6.16. The summed E-state index contributed by atoms with van der Waals surface area (Å²) in [5, 5.41) is 1.67. The predicted octanol–water partition coefficient (Wildman–Crippen LogP) is 1.34. The second-order valence-electron chi connectivity index (χ2n) is 7.77. The number of halogens is 3. The van der Waals surface area contributed by atoms with E-state index in [-0.39, 0.29) is 45.9 Å². The Morgan fingerprint density at radius 2 is 1.79 bits per heavy atom. The van der Waals surface area contributed by atoms with Gasteiger partial charge in [0.2, 0.25) is 0 Å². The molecule has 0 bridgehead atoms. The molecule has 10 nitrogen and oxygen atoms in total. The summed E-state index contributed by atoms with van der Waals surface area (Å²) in [7, 11) is 1.99. The van der Waals surface area contributed by atoms with Gasteiger partial charge in [-0.1, -0.05) is 13.8 Å². The first kappa shape index (κ1) is 30.3. The summed E-state index contributed by atoms with van der Waals surface area (Å²) in [5.41, 5.74) is -0.657. The molecule has 1 amide bonds. The van der Waals surface area contributed by atoms with Crippen LogP contribution >= 0.6 is 7.60 Å². The van der Waals surface area contributed by atoms with Gasteiger partial charge in [-0.2, -0.15) is 13.2 Å². The Morgan fingerprint density at radius 1 is 1.15 bits per heavy atom. The fraction of sp³-hybridized carbons (Fsp3) is 0.944. The number of carbonyl (C=O) groups excluding carboxylic acids is 1. The normalized spacial score (nSPS) is 25.5. The molecule has 0 aromatic rings. The van der Waals surface area contributed by atoms with Crippen LogP contribution in [0, 0.1) is 0 Å². The molecule has 5 atom stereocenters. The Balaban J connectivity index is 2.42. The molecule has 5 unspecified atom stereocenters. The number of ether oxygens (including phenoxy) is 5. The van der Waals surface area contributed by atoms with Gasteiger partial charge < -0.3 is 33.9 Å². The number of hydrogen-bond donors (Lipinski definition) is 2. The summed E-state index contributed by atoms with van der Waals surface area (Å²) in [6, 6.07) is -0.958. The van der Waals surface area contributed by atoms with Crippen LogP contribution in [0.2, 0.25) is 0 Å². The van der Waals surface area contributed by atoms with Crippen molar-refractivity contribution in [2.45, 2.75) is 69.9 Å². The van der Waals surface area contributed by atoms with Crippen molar-refractivity contribution in [3.63, 3.8) is 0 Å². The lowest BCUT2D eigenvalue weighted by molar-refractivity contribution is -0.173. The van der Waals surface area contributed by atoms with E-state index in [1.165, 1.54) is 0 Å². The van der Waals surface area contributed by atoms with Crippen LogP contribution in [-0.2, 0) is 37.6 Å². The van der Waals surface area contributed by atoms with Crippen LogP contribution in [0.3, 0.4) is 0 Å². The first-order chi connectivity index (χ1) is 15.3. The first-order valence-corrected chi connectivity index (χ1v) is 12.1. The molecule has 1 rings (SSSR count). The van der Waals surface area contributed by atoms with Gasteiger partial charge in [0.1, 0.15) is 33.0 Å². The van der Waals surface area contributed by atoms with Gasteiger partial charge in [-0.05, 0) is 13.8 Å². The van der Waals surface area contributed by atoms with Gasteiger partial charge in [0.05, 0.1) is 38.2 Å². The molecule has 33 heavy (non-hydrogen) atoms. The maximum absolute atomic E-state index is 12.4. The molecule has 0 spiro atoms. The Morgan fingerprint density at radius 3 is 2.36 bits per heavy atom. The number of nitrogens with one attached hydrogen (secondary N) is 1. The molecular formula is C18H32BF3NO9P. The molecular weight excluding hydrogens is 473 g/mol. The lowest BCUT2D eigenvalue weighted by Crippen LogP contribution is -2.40. The molecule has 192 valence electrons. The van der Waals surface area contributed by atoms with Crippen molar-refractivity contribution in [1.82, 2.24) is 5.32 Å². The van der Waals surface area contributed by atoms with Crippen molar-refractivity contribution >= 4 is 21.3 Å². The highest BCUT2D eigenvalue weighted by atomic mass is 31.2. The minimum Gasteiger partial charge on any atom is -0.377 e. The molecule has 0 aromatic heterocycles. The molecule has 1 heterocycles. The fourth-order valence-corrected chi connectivity index (χ4v) is 3.38. The average Bonchev–Trinajstić information content (AvgIpc) is 2.98. The number of amides is 1. The predicted molar refractivity (Wildman–Crippen MR) is 111 cm³/mol. The minimum atomic E-state index is -4.94. The van der Waals surface area contributed by atoms with Crippen LogP contribution in [0.4, 0.5) is 13.2 Å². The molecule has 1 aliphatic rings. The number of carbonyl (C=O) groups is 1. The summed E-state index contributed by atoms with van der Waals surface area (Å²) in [4.78, 5) is 20.8. The van der Waals surface area contributed by atoms with Gasteiger partial charge in [0.15, 0.2) is 0 Å². The fourth-order valence-electron chi connectivity index (χ4n) is 2.53. The van der Waals surface area contributed by atoms with Crippen molar-refractivity contribution in [2.75, 3.05) is 39.8 Å². The van der Waals surface area contributed by atoms with E-state index in [0.29, 0.717) is 0 Å². The lowest BCUT2D eigenvalue weighted by atomic mass is 9.93. The SMILES string of the molecule is [B]C1OC(COC(C)C)C(OP(=O)(O)C(C)C)C1OCOCCOCCNC(=O)C(F)(F)F. The highest BCUT2D eigenvalue weighted by Crippen LogP contribution is 2.50. The van der Waals surface area contributed by atoms with Crippen LogP contribution in [0.25, 0.3) is 0 Å². The second kappa shape index (κ2) is 14.0. The third-order valence-corrected chi connectivity index (χ3v) is 6.22. The maximum atomic E-state index is 12.4. The van der Waals surface area contributed by atoms with Crippen molar-refractivity contribution in [2.24, 2.45) is 0 Å². The Hall–Kier alpha value is -0.725. The van der Waals surface area contributed by atoms with Gasteiger partial charge in [-0.25, -0.2) is 0 Å². The van der Waals surface area contributed by atoms with E-state index in [1.807, 2.05) is 13.8 Å². The van der Waals surface area contributed by atoms with E-state index in [9.17, 15) is 27.4 Å². The largest absolute Gasteiger partial charge is 0.471 e. The van der Waals surface area contributed by atoms with E-state index >= 15 is 0 Å². The van der Waals surface area contributed by atoms with Crippen LogP contribution < -0.4 is 5.32 Å². The summed E-state index contributed by atoms with van der Waals surface area (Å²) < 4.78 is 80.9. The molecule has 0 aromatic carbocycles. The van der Waals surface area contributed by atoms with Gasteiger partial charge in [0.25, 0.3) is 0 Å². The highest BCUT2D eigenvalue weighted by molar-refractivity contribution is 7.53. The summed E-state index contributed by atoms with van der Waals surface area (Å²) in [6.07, 6.45) is -7.67. The van der Waals surface area contributed by atoms with Gasteiger partial charge >= 0.3 is 19.7 Å². The zero-order valence-corrected chi connectivity index (χ0v) is 20.0. The van der Waals surface area contributed by atoms with Gasteiger partial charge in [-0.15, -0.1) is 0 Å². The smallest absolute Gasteiger partial charge is 0.377 e. The average molecular weight is 505 g/mol. The van der Waals surface area contributed by atoms with E-state index in [4.69, 9.17) is 36.1 Å². The third-order valence-electron chi connectivity index (χ3n) is 4.37. The number of alkyl halides is 3. The van der Waals surface area contributed by atoms with Crippen LogP contribution in [0.15, 0.2) is 0 Å². The molecule has 1 fully saturated rings. The zero-order chi connectivity index (χ0) is 25.2. The van der Waals surface area contributed by atoms with Crippen molar-refractivity contribution in [3.8, 4) is 0 Å². The number of hydrogen-bond acceptors (Lipinski definition) is 8. The van der Waals surface area contributed by atoms with E-state index in [1.54, 1.807) is 19.2 Å². The van der Waals surface area contributed by atoms with Gasteiger partial charge in [0, 0.05) is 12.5 Å². The Kier molecular flexibility index (Phi) is 12.8. The van der Waals surface area contributed by atoms with Gasteiger partial charge in [-0.3, -0.25) is 13.9 Å². The molecule has 1 saturated heterocycles. The zero-order valence-electron chi connectivity index (χ0n) is 19.1. The summed E-state index contributed by atoms with van der Waals surface area (Å²) >= 11 is 0. The molecule has 2 N–H and O–H groups in total. The monoisotopic (exact) mass is 505 g/mol. The Bertz CT molecular complexity index is 642. The van der Waals surface area contributed by atoms with Crippen molar-refractivity contribution < 1.29 is 55.6 Å². The molecule has 1 aliphatic heterocycles. The number of rotatable bonds is 15. The molecule has 2 radical (unpaired) electrons. The first-order valence-electron chi connectivity index (χ1n) is 10.4. The quantitative estimate of drug-likeness (QED) is 0.147. The second-order valence-corrected chi connectivity index (χ2v) is 10.1. The minimum absolute atomic E-state index is 0.0302.